The predicted molar refractivity (Wildman–Crippen MR) is 95.2 cm³/mol. The molecule has 1 fully saturated rings. The monoisotopic (exact) mass is 374 g/mol. The predicted octanol–water partition coefficient (Wildman–Crippen LogP) is 3.54. The van der Waals surface area contributed by atoms with E-state index < -0.39 is 0 Å². The lowest BCUT2D eigenvalue weighted by atomic mass is 10.2. The van der Waals surface area contributed by atoms with Gasteiger partial charge in [0.15, 0.2) is 5.82 Å². The van der Waals surface area contributed by atoms with Gasteiger partial charge in [0.1, 0.15) is 0 Å². The molecule has 1 aromatic heterocycles. The molecule has 0 bridgehead atoms. The van der Waals surface area contributed by atoms with Gasteiger partial charge in [0.25, 0.3) is 5.89 Å². The van der Waals surface area contributed by atoms with Gasteiger partial charge >= 0.3 is 0 Å². The molecule has 1 aromatic carbocycles. The minimum absolute atomic E-state index is 0. The van der Waals surface area contributed by atoms with E-state index in [-0.39, 0.29) is 18.4 Å². The van der Waals surface area contributed by atoms with E-state index in [4.69, 9.17) is 27.7 Å². The van der Waals surface area contributed by atoms with Crippen LogP contribution < -0.4 is 5.32 Å². The molecule has 5 nitrogen and oxygen atoms in total. The Morgan fingerprint density at radius 1 is 1.35 bits per heavy atom. The highest BCUT2D eigenvalue weighted by molar-refractivity contribution is 6.42. The summed E-state index contributed by atoms with van der Waals surface area (Å²) in [6.45, 7) is 2.76. The Morgan fingerprint density at radius 3 is 2.96 bits per heavy atom. The Morgan fingerprint density at radius 2 is 2.17 bits per heavy atom. The first-order valence-corrected chi connectivity index (χ1v) is 7.77. The second-order valence-corrected chi connectivity index (χ2v) is 5.95. The highest BCUT2D eigenvalue weighted by Gasteiger charge is 2.24. The topological polar surface area (TPSA) is 54.2 Å². The van der Waals surface area contributed by atoms with E-state index >= 15 is 0 Å². The number of aromatic nitrogens is 2. The van der Waals surface area contributed by atoms with Gasteiger partial charge in [-0.15, -0.1) is 12.4 Å². The van der Waals surface area contributed by atoms with Crippen LogP contribution in [0.1, 0.15) is 23.3 Å². The van der Waals surface area contributed by atoms with Crippen LogP contribution in [0, 0.1) is 0 Å². The molecule has 0 saturated carbocycles. The smallest absolute Gasteiger partial charge is 0.250 e. The lowest BCUT2D eigenvalue weighted by Crippen LogP contribution is -2.44. The standard InChI is InChI=1S/C15H16Cl2N4O.ClH/c1-21-8-7-18-9-12(21)15-19-13(22-20-15)6-5-10-3-2-4-11(16)14(10)17;/h2-6,12,18H,7-9H2,1H3;1H/b6-5+;. The van der Waals surface area contributed by atoms with E-state index in [2.05, 4.69) is 27.4 Å². The molecule has 0 amide bonds. The van der Waals surface area contributed by atoms with E-state index in [9.17, 15) is 0 Å². The SMILES string of the molecule is CN1CCNCC1c1noc(/C=C/c2cccc(Cl)c2Cl)n1.Cl. The number of hydrogen-bond acceptors (Lipinski definition) is 5. The number of rotatable bonds is 3. The van der Waals surface area contributed by atoms with Crippen LogP contribution in [-0.4, -0.2) is 41.7 Å². The third-order valence-electron chi connectivity index (χ3n) is 3.65. The van der Waals surface area contributed by atoms with Crippen LogP contribution in [-0.2, 0) is 0 Å². The van der Waals surface area contributed by atoms with Crippen LogP contribution in [0.15, 0.2) is 22.7 Å². The molecule has 1 atom stereocenters. The number of nitrogens with zero attached hydrogens (tertiary/aromatic N) is 3. The van der Waals surface area contributed by atoms with Gasteiger partial charge in [-0.2, -0.15) is 4.98 Å². The Bertz CT molecular complexity index is 689. The van der Waals surface area contributed by atoms with Crippen LogP contribution in [0.3, 0.4) is 0 Å². The summed E-state index contributed by atoms with van der Waals surface area (Å²) < 4.78 is 5.28. The molecule has 3 rings (SSSR count). The van der Waals surface area contributed by atoms with Crippen LogP contribution in [0.4, 0.5) is 0 Å². The van der Waals surface area contributed by atoms with Gasteiger partial charge in [0.2, 0.25) is 0 Å². The van der Waals surface area contributed by atoms with Crippen molar-refractivity contribution in [3.05, 3.63) is 45.5 Å². The Balaban J connectivity index is 0.00000192. The average molecular weight is 376 g/mol. The summed E-state index contributed by atoms with van der Waals surface area (Å²) in [5, 5.41) is 8.42. The lowest BCUT2D eigenvalue weighted by molar-refractivity contribution is 0.190. The molecule has 23 heavy (non-hydrogen) atoms. The van der Waals surface area contributed by atoms with E-state index in [1.54, 1.807) is 12.1 Å². The third-order valence-corrected chi connectivity index (χ3v) is 4.49. The normalized spacial score (nSPS) is 19.0. The quantitative estimate of drug-likeness (QED) is 0.889. The van der Waals surface area contributed by atoms with Crippen molar-refractivity contribution < 1.29 is 4.52 Å². The highest BCUT2D eigenvalue weighted by Crippen LogP contribution is 2.27. The van der Waals surface area contributed by atoms with Gasteiger partial charge in [-0.25, -0.2) is 0 Å². The molecule has 1 unspecified atom stereocenters. The Hall–Kier alpha value is -1.11. The fourth-order valence-electron chi connectivity index (χ4n) is 2.35. The van der Waals surface area contributed by atoms with Crippen LogP contribution in [0.5, 0.6) is 0 Å². The number of nitrogens with one attached hydrogen (secondary N) is 1. The fraction of sp³-hybridized carbons (Fsp3) is 0.333. The van der Waals surface area contributed by atoms with Crippen molar-refractivity contribution in [3.8, 4) is 0 Å². The molecule has 1 aliphatic rings. The zero-order valence-electron chi connectivity index (χ0n) is 12.5. The Kier molecular flexibility index (Phi) is 6.44. The molecule has 8 heteroatoms. The Labute approximate surface area is 151 Å². The summed E-state index contributed by atoms with van der Waals surface area (Å²) in [7, 11) is 2.06. The van der Waals surface area contributed by atoms with Crippen LogP contribution >= 0.6 is 35.6 Å². The number of piperazine rings is 1. The van der Waals surface area contributed by atoms with Gasteiger partial charge in [0.05, 0.1) is 16.1 Å². The van der Waals surface area contributed by atoms with E-state index in [0.717, 1.165) is 25.2 Å². The molecular formula is C15H17Cl3N4O. The minimum Gasteiger partial charge on any atom is -0.335 e. The second-order valence-electron chi connectivity index (χ2n) is 5.17. The molecule has 0 spiro atoms. The van der Waals surface area contributed by atoms with Gasteiger partial charge in [-0.1, -0.05) is 40.5 Å². The molecule has 1 N–H and O–H groups in total. The third kappa shape index (κ3) is 4.25. The summed E-state index contributed by atoms with van der Waals surface area (Å²) in [4.78, 5) is 6.64. The molecule has 0 aliphatic carbocycles. The summed E-state index contributed by atoms with van der Waals surface area (Å²) >= 11 is 12.1. The average Bonchev–Trinajstić information content (AvgIpc) is 2.98. The summed E-state index contributed by atoms with van der Waals surface area (Å²) in [5.74, 6) is 1.14. The maximum absolute atomic E-state index is 6.14. The lowest BCUT2D eigenvalue weighted by Gasteiger charge is -2.30. The van der Waals surface area contributed by atoms with Crippen molar-refractivity contribution in [1.82, 2.24) is 20.4 Å². The summed E-state index contributed by atoms with van der Waals surface area (Å²) in [6, 6.07) is 5.60. The largest absolute Gasteiger partial charge is 0.335 e. The zero-order valence-corrected chi connectivity index (χ0v) is 14.8. The van der Waals surface area contributed by atoms with Crippen molar-refractivity contribution in [2.24, 2.45) is 0 Å². The zero-order chi connectivity index (χ0) is 15.5. The maximum atomic E-state index is 6.14. The van der Waals surface area contributed by atoms with Crippen LogP contribution in [0.2, 0.25) is 10.0 Å². The highest BCUT2D eigenvalue weighted by atomic mass is 35.5. The molecule has 1 aliphatic heterocycles. The van der Waals surface area contributed by atoms with Gasteiger partial charge in [0, 0.05) is 25.7 Å². The van der Waals surface area contributed by atoms with E-state index in [0.29, 0.717) is 21.8 Å². The molecule has 2 heterocycles. The first kappa shape index (κ1) is 18.2. The molecule has 2 aromatic rings. The van der Waals surface area contributed by atoms with E-state index in [1.165, 1.54) is 0 Å². The number of halogens is 3. The number of benzene rings is 1. The van der Waals surface area contributed by atoms with Crippen molar-refractivity contribution in [1.29, 1.82) is 0 Å². The number of hydrogen-bond donors (Lipinski definition) is 1. The van der Waals surface area contributed by atoms with Crippen molar-refractivity contribution >= 4 is 47.8 Å². The summed E-state index contributed by atoms with van der Waals surface area (Å²) in [5.41, 5.74) is 0.811. The summed E-state index contributed by atoms with van der Waals surface area (Å²) in [6.07, 6.45) is 3.55. The number of likely N-dealkylation sites (N-methyl/N-ethyl adjacent to an activating group) is 1. The van der Waals surface area contributed by atoms with Crippen molar-refractivity contribution in [2.45, 2.75) is 6.04 Å². The fourth-order valence-corrected chi connectivity index (χ4v) is 2.73. The van der Waals surface area contributed by atoms with E-state index in [1.807, 2.05) is 18.2 Å². The molecule has 0 radical (unpaired) electrons. The van der Waals surface area contributed by atoms with Gasteiger partial charge < -0.3 is 9.84 Å². The molecular weight excluding hydrogens is 359 g/mol. The van der Waals surface area contributed by atoms with Crippen LogP contribution in [0.25, 0.3) is 12.2 Å². The molecule has 124 valence electrons. The molecule has 1 saturated heterocycles. The van der Waals surface area contributed by atoms with Crippen molar-refractivity contribution in [2.75, 3.05) is 26.7 Å². The van der Waals surface area contributed by atoms with Crippen molar-refractivity contribution in [3.63, 3.8) is 0 Å². The second kappa shape index (κ2) is 8.13. The van der Waals surface area contributed by atoms with Gasteiger partial charge in [-0.3, -0.25) is 4.90 Å². The minimum atomic E-state index is 0. The first-order chi connectivity index (χ1) is 10.6. The maximum Gasteiger partial charge on any atom is 0.250 e. The first-order valence-electron chi connectivity index (χ1n) is 7.02. The van der Waals surface area contributed by atoms with Gasteiger partial charge in [-0.05, 0) is 24.8 Å².